The van der Waals surface area contributed by atoms with Crippen LogP contribution in [0.5, 0.6) is 0 Å². The van der Waals surface area contributed by atoms with Crippen LogP contribution in [0, 0.1) is 0 Å². The van der Waals surface area contributed by atoms with Gasteiger partial charge in [0, 0.05) is 41.8 Å². The first-order valence-electron chi connectivity index (χ1n) is 11.4. The fourth-order valence-electron chi connectivity index (χ4n) is 4.90. The molecule has 6 nitrogen and oxygen atoms in total. The van der Waals surface area contributed by atoms with Gasteiger partial charge in [-0.3, -0.25) is 9.36 Å². The molecule has 1 fully saturated rings. The highest BCUT2D eigenvalue weighted by Gasteiger charge is 2.25. The maximum atomic E-state index is 12.8. The highest BCUT2D eigenvalue weighted by Crippen LogP contribution is 2.26. The van der Waals surface area contributed by atoms with Gasteiger partial charge in [-0.1, -0.05) is 46.3 Å². The van der Waals surface area contributed by atoms with Crippen molar-refractivity contribution in [2.75, 3.05) is 19.6 Å². The molecule has 2 heterocycles. The van der Waals surface area contributed by atoms with Gasteiger partial charge >= 0.3 is 5.69 Å². The fourth-order valence-corrected chi connectivity index (χ4v) is 5.26. The van der Waals surface area contributed by atoms with Gasteiger partial charge in [0.05, 0.1) is 11.0 Å². The van der Waals surface area contributed by atoms with Crippen molar-refractivity contribution in [1.29, 1.82) is 0 Å². The number of aromatic nitrogens is 2. The Morgan fingerprint density at radius 2 is 1.85 bits per heavy atom. The first kappa shape index (κ1) is 21.9. The number of H-pyrrole nitrogens is 1. The topological polar surface area (TPSA) is 70.1 Å². The molecule has 3 aromatic carbocycles. The van der Waals surface area contributed by atoms with Gasteiger partial charge < -0.3 is 15.2 Å². The number of fused-ring (bicyclic) bond motifs is 2. The lowest BCUT2D eigenvalue weighted by atomic mass is 10.0. The van der Waals surface area contributed by atoms with E-state index in [1.807, 2.05) is 72.2 Å². The number of carbonyl (C=O) groups is 1. The molecule has 0 bridgehead atoms. The molecule has 7 heteroatoms. The number of likely N-dealkylation sites (tertiary alicyclic amines) is 1. The number of piperidine rings is 1. The van der Waals surface area contributed by atoms with Crippen LogP contribution in [0.4, 0.5) is 0 Å². The van der Waals surface area contributed by atoms with Crippen molar-refractivity contribution in [2.24, 2.45) is 0 Å². The van der Waals surface area contributed by atoms with E-state index in [1.165, 1.54) is 0 Å². The first-order chi connectivity index (χ1) is 16.0. The van der Waals surface area contributed by atoms with Gasteiger partial charge in [0.25, 0.3) is 5.91 Å². The minimum atomic E-state index is -0.0439. The van der Waals surface area contributed by atoms with Crippen molar-refractivity contribution in [3.63, 3.8) is 0 Å². The van der Waals surface area contributed by atoms with Crippen LogP contribution in [0.1, 0.15) is 36.2 Å². The summed E-state index contributed by atoms with van der Waals surface area (Å²) in [5.74, 6) is -0.0420. The Morgan fingerprint density at radius 1 is 1.09 bits per heavy atom. The van der Waals surface area contributed by atoms with Crippen LogP contribution in [0.25, 0.3) is 21.8 Å². The number of imidazole rings is 1. The minimum Gasteiger partial charge on any atom is -0.348 e. The van der Waals surface area contributed by atoms with E-state index in [2.05, 4.69) is 31.1 Å². The zero-order valence-electron chi connectivity index (χ0n) is 18.6. The number of nitrogens with one attached hydrogen (secondary N) is 2. The molecule has 1 aromatic heterocycles. The molecule has 33 heavy (non-hydrogen) atoms. The standard InChI is InChI=1S/C26H27BrN4O2/c1-17(28-25(32)20-7-6-18-4-2-3-5-19(18)14-20)16-30-12-10-22(11-13-30)31-24-9-8-21(27)15-23(24)29-26(31)33/h2-9,14-15,17,22H,10-13,16H2,1H3,(H,28,32)(H,29,33)/t17-/m0/s1. The van der Waals surface area contributed by atoms with E-state index >= 15 is 0 Å². The van der Waals surface area contributed by atoms with Crippen LogP contribution >= 0.6 is 15.9 Å². The zero-order chi connectivity index (χ0) is 22.9. The Labute approximate surface area is 200 Å². The number of halogens is 1. The van der Waals surface area contributed by atoms with Crippen molar-refractivity contribution in [3.05, 3.63) is 81.2 Å². The van der Waals surface area contributed by atoms with E-state index in [0.717, 1.165) is 58.8 Å². The summed E-state index contributed by atoms with van der Waals surface area (Å²) in [5.41, 5.74) is 2.46. The largest absolute Gasteiger partial charge is 0.348 e. The smallest absolute Gasteiger partial charge is 0.326 e. The van der Waals surface area contributed by atoms with Crippen molar-refractivity contribution in [2.45, 2.75) is 31.8 Å². The van der Waals surface area contributed by atoms with Crippen molar-refractivity contribution in [3.8, 4) is 0 Å². The highest BCUT2D eigenvalue weighted by atomic mass is 79.9. The molecule has 0 spiro atoms. The average Bonchev–Trinajstić information content (AvgIpc) is 3.13. The Balaban J connectivity index is 1.18. The van der Waals surface area contributed by atoms with Crippen molar-refractivity contribution >= 4 is 43.6 Å². The van der Waals surface area contributed by atoms with Crippen molar-refractivity contribution < 1.29 is 4.79 Å². The normalized spacial score (nSPS) is 16.3. The molecular formula is C26H27BrN4O2. The molecule has 1 amide bonds. The summed E-state index contributed by atoms with van der Waals surface area (Å²) in [6, 6.07) is 20.0. The third kappa shape index (κ3) is 4.61. The van der Waals surface area contributed by atoms with Gasteiger partial charge in [-0.05, 0) is 60.9 Å². The molecule has 0 unspecified atom stereocenters. The number of benzene rings is 3. The van der Waals surface area contributed by atoms with Gasteiger partial charge in [0.15, 0.2) is 0 Å². The maximum Gasteiger partial charge on any atom is 0.326 e. The van der Waals surface area contributed by atoms with Crippen LogP contribution in [0.3, 0.4) is 0 Å². The van der Waals surface area contributed by atoms with Crippen molar-refractivity contribution in [1.82, 2.24) is 19.8 Å². The second kappa shape index (κ2) is 9.15. The zero-order valence-corrected chi connectivity index (χ0v) is 20.1. The SMILES string of the molecule is C[C@@H](CN1CCC(n2c(=O)[nH]c3cc(Br)ccc32)CC1)NC(=O)c1ccc2ccccc2c1. The average molecular weight is 507 g/mol. The Bertz CT molecular complexity index is 1370. The second-order valence-corrected chi connectivity index (χ2v) is 9.85. The molecule has 170 valence electrons. The first-order valence-corrected chi connectivity index (χ1v) is 12.2. The molecular weight excluding hydrogens is 480 g/mol. The molecule has 1 aliphatic rings. The summed E-state index contributed by atoms with van der Waals surface area (Å²) in [7, 11) is 0. The molecule has 2 N–H and O–H groups in total. The second-order valence-electron chi connectivity index (χ2n) is 8.93. The predicted octanol–water partition coefficient (Wildman–Crippen LogP) is 4.70. The summed E-state index contributed by atoms with van der Waals surface area (Å²) < 4.78 is 2.86. The number of hydrogen-bond acceptors (Lipinski definition) is 3. The van der Waals surface area contributed by atoms with E-state index in [9.17, 15) is 9.59 Å². The van der Waals surface area contributed by atoms with Crippen LogP contribution in [-0.2, 0) is 0 Å². The lowest BCUT2D eigenvalue weighted by Crippen LogP contribution is -2.45. The monoisotopic (exact) mass is 506 g/mol. The predicted molar refractivity (Wildman–Crippen MR) is 136 cm³/mol. The number of aromatic amines is 1. The van der Waals surface area contributed by atoms with Gasteiger partial charge in [-0.25, -0.2) is 4.79 Å². The molecule has 5 rings (SSSR count). The maximum absolute atomic E-state index is 12.8. The third-order valence-electron chi connectivity index (χ3n) is 6.52. The summed E-state index contributed by atoms with van der Waals surface area (Å²) in [5, 5.41) is 5.34. The Hall–Kier alpha value is -2.90. The highest BCUT2D eigenvalue weighted by molar-refractivity contribution is 9.10. The van der Waals surface area contributed by atoms with Gasteiger partial charge in [-0.2, -0.15) is 0 Å². The summed E-state index contributed by atoms with van der Waals surface area (Å²) in [6.45, 7) is 4.64. The van der Waals surface area contributed by atoms with Gasteiger partial charge in [-0.15, -0.1) is 0 Å². The molecule has 0 saturated carbocycles. The molecule has 1 atom stereocenters. The number of carbonyl (C=O) groups excluding carboxylic acids is 1. The van der Waals surface area contributed by atoms with E-state index in [1.54, 1.807) is 0 Å². The molecule has 4 aromatic rings. The number of amides is 1. The van der Waals surface area contributed by atoms with Crippen LogP contribution in [0.2, 0.25) is 0 Å². The molecule has 0 radical (unpaired) electrons. The summed E-state index contributed by atoms with van der Waals surface area (Å²) in [4.78, 5) is 30.7. The fraction of sp³-hybridized carbons (Fsp3) is 0.308. The summed E-state index contributed by atoms with van der Waals surface area (Å²) >= 11 is 3.47. The van der Waals surface area contributed by atoms with Crippen LogP contribution in [0.15, 0.2) is 69.9 Å². The minimum absolute atomic E-state index is 0.0358. The quantitative estimate of drug-likeness (QED) is 0.412. The van der Waals surface area contributed by atoms with E-state index in [-0.39, 0.29) is 23.7 Å². The van der Waals surface area contributed by atoms with E-state index in [0.29, 0.717) is 5.56 Å². The van der Waals surface area contributed by atoms with Crippen LogP contribution < -0.4 is 11.0 Å². The Morgan fingerprint density at radius 3 is 2.64 bits per heavy atom. The lowest BCUT2D eigenvalue weighted by Gasteiger charge is -2.34. The van der Waals surface area contributed by atoms with Crippen LogP contribution in [-0.4, -0.2) is 46.0 Å². The number of hydrogen-bond donors (Lipinski definition) is 2. The number of rotatable bonds is 5. The molecule has 0 aliphatic carbocycles. The van der Waals surface area contributed by atoms with Gasteiger partial charge in [0.2, 0.25) is 0 Å². The van der Waals surface area contributed by atoms with E-state index < -0.39 is 0 Å². The number of nitrogens with zero attached hydrogens (tertiary/aromatic N) is 2. The molecule has 1 aliphatic heterocycles. The Kier molecular flexibility index (Phi) is 6.08. The summed E-state index contributed by atoms with van der Waals surface area (Å²) in [6.07, 6.45) is 1.82. The van der Waals surface area contributed by atoms with E-state index in [4.69, 9.17) is 0 Å². The van der Waals surface area contributed by atoms with Gasteiger partial charge in [0.1, 0.15) is 0 Å². The molecule has 1 saturated heterocycles. The third-order valence-corrected chi connectivity index (χ3v) is 7.02. The lowest BCUT2D eigenvalue weighted by molar-refractivity contribution is 0.0921.